The SMILES string of the molecule is CC(C)CCOc1ccc(C(=O)NNS(=O)(=O)c2cc(Cl)sc2Cl)cc1. The quantitative estimate of drug-likeness (QED) is 0.609. The van der Waals surface area contributed by atoms with Crippen LogP contribution in [0.3, 0.4) is 0 Å². The lowest BCUT2D eigenvalue weighted by atomic mass is 10.1. The Balaban J connectivity index is 1.94. The van der Waals surface area contributed by atoms with Crippen LogP contribution < -0.4 is 15.0 Å². The highest BCUT2D eigenvalue weighted by molar-refractivity contribution is 7.89. The van der Waals surface area contributed by atoms with Crippen LogP contribution in [0.2, 0.25) is 8.67 Å². The van der Waals surface area contributed by atoms with E-state index in [1.807, 2.05) is 4.83 Å². The number of hydrazine groups is 1. The van der Waals surface area contributed by atoms with Crippen molar-refractivity contribution in [1.82, 2.24) is 10.3 Å². The van der Waals surface area contributed by atoms with E-state index in [9.17, 15) is 13.2 Å². The van der Waals surface area contributed by atoms with Crippen molar-refractivity contribution in [2.75, 3.05) is 6.61 Å². The molecule has 1 heterocycles. The van der Waals surface area contributed by atoms with Crippen molar-refractivity contribution < 1.29 is 17.9 Å². The van der Waals surface area contributed by atoms with Crippen molar-refractivity contribution in [2.24, 2.45) is 5.92 Å². The smallest absolute Gasteiger partial charge is 0.266 e. The first-order valence-corrected chi connectivity index (χ1v) is 10.7. The standard InChI is InChI=1S/C16H18Cl2N2O4S2/c1-10(2)7-8-24-12-5-3-11(4-6-12)16(21)19-20-26(22,23)13-9-14(17)25-15(13)18/h3-6,9-10,20H,7-8H2,1-2H3,(H,19,21). The maximum absolute atomic E-state index is 12.1. The predicted molar refractivity (Wildman–Crippen MR) is 104 cm³/mol. The molecule has 0 radical (unpaired) electrons. The van der Waals surface area contributed by atoms with Crippen LogP contribution in [0.1, 0.15) is 30.6 Å². The van der Waals surface area contributed by atoms with E-state index < -0.39 is 15.9 Å². The van der Waals surface area contributed by atoms with Crippen LogP contribution >= 0.6 is 34.5 Å². The average Bonchev–Trinajstić information content (AvgIpc) is 2.92. The van der Waals surface area contributed by atoms with Crippen LogP contribution in [-0.4, -0.2) is 20.9 Å². The van der Waals surface area contributed by atoms with E-state index in [1.54, 1.807) is 24.3 Å². The number of carbonyl (C=O) groups excluding carboxylic acids is 1. The van der Waals surface area contributed by atoms with Crippen molar-refractivity contribution in [3.05, 3.63) is 44.6 Å². The van der Waals surface area contributed by atoms with Crippen LogP contribution in [0.15, 0.2) is 35.2 Å². The van der Waals surface area contributed by atoms with Crippen molar-refractivity contribution in [3.63, 3.8) is 0 Å². The third-order valence-electron chi connectivity index (χ3n) is 3.29. The molecule has 0 aliphatic heterocycles. The Morgan fingerprint density at radius 3 is 2.42 bits per heavy atom. The van der Waals surface area contributed by atoms with Gasteiger partial charge in [0.05, 0.1) is 10.9 Å². The second-order valence-corrected chi connectivity index (χ2v) is 9.74. The van der Waals surface area contributed by atoms with Crippen LogP contribution in [0.4, 0.5) is 0 Å². The van der Waals surface area contributed by atoms with Crippen molar-refractivity contribution in [1.29, 1.82) is 0 Å². The summed E-state index contributed by atoms with van der Waals surface area (Å²) in [4.78, 5) is 13.9. The molecule has 0 aliphatic rings. The van der Waals surface area contributed by atoms with Gasteiger partial charge in [-0.2, -0.15) is 0 Å². The van der Waals surface area contributed by atoms with Gasteiger partial charge in [-0.25, -0.2) is 8.42 Å². The normalized spacial score (nSPS) is 11.6. The van der Waals surface area contributed by atoms with E-state index in [0.717, 1.165) is 17.8 Å². The first kappa shape index (κ1) is 21.0. The number of rotatable bonds is 8. The largest absolute Gasteiger partial charge is 0.494 e. The highest BCUT2D eigenvalue weighted by Gasteiger charge is 2.21. The number of benzene rings is 1. The molecule has 0 saturated heterocycles. The molecule has 0 aliphatic carbocycles. The Labute approximate surface area is 166 Å². The molecule has 1 amide bonds. The van der Waals surface area contributed by atoms with Gasteiger partial charge in [-0.05, 0) is 42.7 Å². The summed E-state index contributed by atoms with van der Waals surface area (Å²) in [5, 5.41) is 0. The summed E-state index contributed by atoms with van der Waals surface area (Å²) in [5.74, 6) is 0.571. The summed E-state index contributed by atoms with van der Waals surface area (Å²) in [6.07, 6.45) is 0.930. The maximum Gasteiger partial charge on any atom is 0.266 e. The van der Waals surface area contributed by atoms with Gasteiger partial charge in [0.15, 0.2) is 0 Å². The number of hydrogen-bond acceptors (Lipinski definition) is 5. The topological polar surface area (TPSA) is 84.5 Å². The Bertz CT molecular complexity index is 865. The summed E-state index contributed by atoms with van der Waals surface area (Å²) in [7, 11) is -4.01. The van der Waals surface area contributed by atoms with E-state index in [2.05, 4.69) is 19.3 Å². The zero-order chi connectivity index (χ0) is 19.3. The molecular weight excluding hydrogens is 419 g/mol. The minimum atomic E-state index is -4.01. The van der Waals surface area contributed by atoms with Crippen LogP contribution in [0.5, 0.6) is 5.75 Å². The van der Waals surface area contributed by atoms with Gasteiger partial charge in [0.2, 0.25) is 0 Å². The second kappa shape index (κ2) is 9.05. The lowest BCUT2D eigenvalue weighted by Gasteiger charge is -2.10. The third kappa shape index (κ3) is 5.85. The minimum absolute atomic E-state index is 0.0136. The number of hydrogen-bond donors (Lipinski definition) is 2. The molecule has 1 aromatic carbocycles. The molecule has 0 unspecified atom stereocenters. The number of ether oxygens (including phenoxy) is 1. The Hall–Kier alpha value is -1.32. The van der Waals surface area contributed by atoms with Crippen molar-refractivity contribution in [2.45, 2.75) is 25.2 Å². The highest BCUT2D eigenvalue weighted by atomic mass is 35.5. The fourth-order valence-corrected chi connectivity index (χ4v) is 4.85. The molecule has 0 spiro atoms. The fourth-order valence-electron chi connectivity index (χ4n) is 1.86. The molecule has 1 aromatic heterocycles. The molecule has 26 heavy (non-hydrogen) atoms. The molecule has 0 fully saturated rings. The van der Waals surface area contributed by atoms with Crippen LogP contribution in [-0.2, 0) is 10.0 Å². The fraction of sp³-hybridized carbons (Fsp3) is 0.312. The van der Waals surface area contributed by atoms with Crippen LogP contribution in [0.25, 0.3) is 0 Å². The lowest BCUT2D eigenvalue weighted by molar-refractivity contribution is 0.0945. The first-order chi connectivity index (χ1) is 12.2. The molecule has 0 atom stereocenters. The summed E-state index contributed by atoms with van der Waals surface area (Å²) in [6.45, 7) is 4.80. The molecule has 142 valence electrons. The third-order valence-corrected chi connectivity index (χ3v) is 6.29. The van der Waals surface area contributed by atoms with Crippen LogP contribution in [0, 0.1) is 5.92 Å². The summed E-state index contributed by atoms with van der Waals surface area (Å²) >= 11 is 12.5. The number of sulfonamides is 1. The van der Waals surface area contributed by atoms with Gasteiger partial charge in [0.1, 0.15) is 15.0 Å². The number of amides is 1. The summed E-state index contributed by atoms with van der Waals surface area (Å²) in [5.41, 5.74) is 2.41. The zero-order valence-corrected chi connectivity index (χ0v) is 17.2. The number of halogens is 2. The number of nitrogens with one attached hydrogen (secondary N) is 2. The monoisotopic (exact) mass is 436 g/mol. The Kier molecular flexibility index (Phi) is 7.31. The van der Waals surface area contributed by atoms with E-state index in [0.29, 0.717) is 18.3 Å². The molecule has 0 bridgehead atoms. The van der Waals surface area contributed by atoms with Gasteiger partial charge in [-0.1, -0.05) is 37.0 Å². The van der Waals surface area contributed by atoms with Gasteiger partial charge in [-0.3, -0.25) is 10.2 Å². The number of thiophene rings is 1. The molecule has 2 aromatic rings. The molecule has 6 nitrogen and oxygen atoms in total. The molecule has 2 N–H and O–H groups in total. The maximum atomic E-state index is 12.1. The lowest BCUT2D eigenvalue weighted by Crippen LogP contribution is -2.41. The minimum Gasteiger partial charge on any atom is -0.494 e. The van der Waals surface area contributed by atoms with Gasteiger partial charge in [0.25, 0.3) is 15.9 Å². The van der Waals surface area contributed by atoms with Gasteiger partial charge in [-0.15, -0.1) is 16.2 Å². The molecule has 10 heteroatoms. The molecule has 2 rings (SSSR count). The summed E-state index contributed by atoms with van der Waals surface area (Å²) in [6, 6.07) is 7.61. The molecule has 0 saturated carbocycles. The van der Waals surface area contributed by atoms with Crippen molar-refractivity contribution in [3.8, 4) is 5.75 Å². The number of carbonyl (C=O) groups is 1. The highest BCUT2D eigenvalue weighted by Crippen LogP contribution is 2.33. The van der Waals surface area contributed by atoms with E-state index in [4.69, 9.17) is 27.9 Å². The van der Waals surface area contributed by atoms with E-state index in [1.165, 1.54) is 6.07 Å². The average molecular weight is 437 g/mol. The second-order valence-electron chi connectivity index (χ2n) is 5.80. The first-order valence-electron chi connectivity index (χ1n) is 7.69. The zero-order valence-electron chi connectivity index (χ0n) is 14.1. The van der Waals surface area contributed by atoms with E-state index in [-0.39, 0.29) is 19.1 Å². The predicted octanol–water partition coefficient (Wildman–Crippen LogP) is 4.10. The van der Waals surface area contributed by atoms with Gasteiger partial charge < -0.3 is 4.74 Å². The van der Waals surface area contributed by atoms with Gasteiger partial charge >= 0.3 is 0 Å². The van der Waals surface area contributed by atoms with Crippen molar-refractivity contribution >= 4 is 50.5 Å². The van der Waals surface area contributed by atoms with Gasteiger partial charge in [0, 0.05) is 5.56 Å². The summed E-state index contributed by atoms with van der Waals surface area (Å²) < 4.78 is 30.1. The Morgan fingerprint density at radius 1 is 1.23 bits per heavy atom. The van der Waals surface area contributed by atoms with E-state index >= 15 is 0 Å². The molecular formula is C16H18Cl2N2O4S2. The Morgan fingerprint density at radius 2 is 1.88 bits per heavy atom.